The minimum Gasteiger partial charge on any atom is -0.399 e. The molecule has 0 aliphatic heterocycles. The third-order valence-electron chi connectivity index (χ3n) is 5.46. The van der Waals surface area contributed by atoms with E-state index in [4.69, 9.17) is 10.7 Å². The zero-order valence-corrected chi connectivity index (χ0v) is 16.5. The molecule has 0 fully saturated rings. The number of thiazole rings is 1. The summed E-state index contributed by atoms with van der Waals surface area (Å²) in [5.41, 5.74) is 16.3. The maximum atomic E-state index is 6.01. The van der Waals surface area contributed by atoms with Crippen LogP contribution in [0.5, 0.6) is 0 Å². The van der Waals surface area contributed by atoms with Crippen LogP contribution in [0.15, 0.2) is 35.7 Å². The molecule has 0 saturated carbocycles. The number of benzene rings is 2. The lowest BCUT2D eigenvalue weighted by Gasteiger charge is -2.16. The quantitative estimate of drug-likeness (QED) is 0.631. The van der Waals surface area contributed by atoms with Gasteiger partial charge in [-0.2, -0.15) is 0 Å². The first-order chi connectivity index (χ1) is 12.6. The molecule has 1 aliphatic carbocycles. The Hall–Kier alpha value is -2.13. The van der Waals surface area contributed by atoms with Crippen molar-refractivity contribution in [3.8, 4) is 0 Å². The van der Waals surface area contributed by atoms with Gasteiger partial charge in [-0.25, -0.2) is 4.98 Å². The Morgan fingerprint density at radius 1 is 0.962 bits per heavy atom. The molecule has 3 aromatic rings. The van der Waals surface area contributed by atoms with Crippen molar-refractivity contribution in [1.82, 2.24) is 4.98 Å². The Labute approximate surface area is 160 Å². The predicted molar refractivity (Wildman–Crippen MR) is 111 cm³/mol. The van der Waals surface area contributed by atoms with Crippen molar-refractivity contribution in [3.05, 3.63) is 79.8 Å². The van der Waals surface area contributed by atoms with E-state index in [1.807, 2.05) is 0 Å². The van der Waals surface area contributed by atoms with Crippen molar-refractivity contribution in [1.29, 1.82) is 0 Å². The number of aryl methyl sites for hydroxylation is 4. The van der Waals surface area contributed by atoms with Crippen molar-refractivity contribution in [2.45, 2.75) is 52.4 Å². The fourth-order valence-corrected chi connectivity index (χ4v) is 4.69. The van der Waals surface area contributed by atoms with Crippen LogP contribution in [0, 0.1) is 13.8 Å². The summed E-state index contributed by atoms with van der Waals surface area (Å²) in [6.45, 7) is 4.20. The highest BCUT2D eigenvalue weighted by Crippen LogP contribution is 2.25. The van der Waals surface area contributed by atoms with Gasteiger partial charge in [0.1, 0.15) is 0 Å². The standard InChI is InChI=1S/C23H26N2S/c1-15-10-22(24)16(2)9-20(15)13-21-14-26-23(25-21)12-17-7-8-18-5-3-4-6-19(18)11-17/h7-11,14H,3-6,12-13,24H2,1-2H3. The molecule has 0 saturated heterocycles. The number of hydrogen-bond acceptors (Lipinski definition) is 3. The van der Waals surface area contributed by atoms with Gasteiger partial charge in [0.05, 0.1) is 10.7 Å². The Balaban J connectivity index is 1.49. The van der Waals surface area contributed by atoms with Crippen LogP contribution in [0.1, 0.15) is 56.9 Å². The summed E-state index contributed by atoms with van der Waals surface area (Å²) in [6, 6.07) is 11.3. The van der Waals surface area contributed by atoms with E-state index >= 15 is 0 Å². The lowest BCUT2D eigenvalue weighted by Crippen LogP contribution is -2.03. The van der Waals surface area contributed by atoms with Crippen molar-refractivity contribution >= 4 is 17.0 Å². The molecule has 4 rings (SSSR count). The average Bonchev–Trinajstić information content (AvgIpc) is 3.06. The van der Waals surface area contributed by atoms with Crippen molar-refractivity contribution in [2.75, 3.05) is 5.73 Å². The van der Waals surface area contributed by atoms with E-state index in [1.54, 1.807) is 22.5 Å². The monoisotopic (exact) mass is 362 g/mol. The molecule has 3 heteroatoms. The highest BCUT2D eigenvalue weighted by Gasteiger charge is 2.11. The zero-order valence-electron chi connectivity index (χ0n) is 15.6. The Morgan fingerprint density at radius 3 is 2.62 bits per heavy atom. The molecule has 2 aromatic carbocycles. The summed E-state index contributed by atoms with van der Waals surface area (Å²) >= 11 is 1.78. The summed E-state index contributed by atoms with van der Waals surface area (Å²) < 4.78 is 0. The van der Waals surface area contributed by atoms with Gasteiger partial charge in [-0.3, -0.25) is 0 Å². The van der Waals surface area contributed by atoms with Gasteiger partial charge < -0.3 is 5.73 Å². The molecule has 26 heavy (non-hydrogen) atoms. The van der Waals surface area contributed by atoms with Gasteiger partial charge in [0.15, 0.2) is 0 Å². The van der Waals surface area contributed by atoms with Gasteiger partial charge in [0, 0.05) is 23.9 Å². The van der Waals surface area contributed by atoms with Crippen LogP contribution in [0.3, 0.4) is 0 Å². The summed E-state index contributed by atoms with van der Waals surface area (Å²) in [6.07, 6.45) is 6.98. The van der Waals surface area contributed by atoms with Gasteiger partial charge in [0.2, 0.25) is 0 Å². The second kappa shape index (κ2) is 7.24. The summed E-state index contributed by atoms with van der Waals surface area (Å²) in [5, 5.41) is 3.42. The lowest BCUT2D eigenvalue weighted by atomic mass is 9.90. The molecule has 0 atom stereocenters. The number of hydrogen-bond donors (Lipinski definition) is 1. The minimum atomic E-state index is 0.873. The van der Waals surface area contributed by atoms with Gasteiger partial charge in [0.25, 0.3) is 0 Å². The number of fused-ring (bicyclic) bond motifs is 1. The maximum absolute atomic E-state index is 6.01. The van der Waals surface area contributed by atoms with Crippen LogP contribution in [0.25, 0.3) is 0 Å². The summed E-state index contributed by atoms with van der Waals surface area (Å²) in [5.74, 6) is 0. The SMILES string of the molecule is Cc1cc(Cc2csc(Cc3ccc4c(c3)CCCC4)n2)c(C)cc1N. The highest BCUT2D eigenvalue weighted by atomic mass is 32.1. The van der Waals surface area contributed by atoms with Crippen molar-refractivity contribution < 1.29 is 0 Å². The third-order valence-corrected chi connectivity index (χ3v) is 6.36. The van der Waals surface area contributed by atoms with Crippen LogP contribution in [-0.2, 0) is 25.7 Å². The molecular formula is C23H26N2S. The molecule has 134 valence electrons. The van der Waals surface area contributed by atoms with Gasteiger partial charge >= 0.3 is 0 Å². The number of rotatable bonds is 4. The van der Waals surface area contributed by atoms with Crippen LogP contribution in [0.4, 0.5) is 5.69 Å². The van der Waals surface area contributed by atoms with Crippen LogP contribution in [-0.4, -0.2) is 4.98 Å². The Morgan fingerprint density at radius 2 is 1.77 bits per heavy atom. The van der Waals surface area contributed by atoms with Gasteiger partial charge in [-0.15, -0.1) is 11.3 Å². The van der Waals surface area contributed by atoms with Crippen molar-refractivity contribution in [2.24, 2.45) is 0 Å². The normalized spacial score (nSPS) is 13.6. The summed E-state index contributed by atoms with van der Waals surface area (Å²) in [7, 11) is 0. The predicted octanol–water partition coefficient (Wildman–Crippen LogP) is 5.40. The molecule has 0 amide bonds. The van der Waals surface area contributed by atoms with Gasteiger partial charge in [-0.1, -0.05) is 24.3 Å². The largest absolute Gasteiger partial charge is 0.399 e. The van der Waals surface area contributed by atoms with Crippen LogP contribution < -0.4 is 5.73 Å². The van der Waals surface area contributed by atoms with Gasteiger partial charge in [-0.05, 0) is 79.0 Å². The second-order valence-electron chi connectivity index (χ2n) is 7.53. The van der Waals surface area contributed by atoms with E-state index in [1.165, 1.54) is 47.4 Å². The van der Waals surface area contributed by atoms with E-state index in [0.29, 0.717) is 0 Å². The Bertz CT molecular complexity index is 939. The zero-order chi connectivity index (χ0) is 18.1. The van der Waals surface area contributed by atoms with Crippen molar-refractivity contribution in [3.63, 3.8) is 0 Å². The molecule has 1 aromatic heterocycles. The first kappa shape index (κ1) is 17.3. The van der Waals surface area contributed by atoms with Crippen LogP contribution in [0.2, 0.25) is 0 Å². The highest BCUT2D eigenvalue weighted by molar-refractivity contribution is 7.09. The fraction of sp³-hybridized carbons (Fsp3) is 0.348. The van der Waals surface area contributed by atoms with E-state index in [0.717, 1.165) is 29.8 Å². The number of nitrogens with zero attached hydrogens (tertiary/aromatic N) is 1. The number of nitrogens with two attached hydrogens (primary N) is 1. The average molecular weight is 363 g/mol. The molecule has 0 bridgehead atoms. The smallest absolute Gasteiger partial charge is 0.0972 e. The number of anilines is 1. The molecule has 2 N–H and O–H groups in total. The molecule has 0 unspecified atom stereocenters. The lowest BCUT2D eigenvalue weighted by molar-refractivity contribution is 0.684. The third kappa shape index (κ3) is 3.68. The Kier molecular flexibility index (Phi) is 4.82. The minimum absolute atomic E-state index is 0.873. The fourth-order valence-electron chi connectivity index (χ4n) is 3.87. The first-order valence-electron chi connectivity index (χ1n) is 9.48. The van der Waals surface area contributed by atoms with E-state index in [2.05, 4.69) is 49.6 Å². The van der Waals surface area contributed by atoms with E-state index in [9.17, 15) is 0 Å². The molecule has 0 radical (unpaired) electrons. The first-order valence-corrected chi connectivity index (χ1v) is 10.4. The second-order valence-corrected chi connectivity index (χ2v) is 8.47. The molecule has 1 heterocycles. The maximum Gasteiger partial charge on any atom is 0.0972 e. The molecule has 1 aliphatic rings. The van der Waals surface area contributed by atoms with Crippen LogP contribution >= 0.6 is 11.3 Å². The topological polar surface area (TPSA) is 38.9 Å². The molecule has 0 spiro atoms. The van der Waals surface area contributed by atoms with E-state index in [-0.39, 0.29) is 0 Å². The molecular weight excluding hydrogens is 336 g/mol. The summed E-state index contributed by atoms with van der Waals surface area (Å²) in [4.78, 5) is 4.89. The van der Waals surface area contributed by atoms with E-state index < -0.39 is 0 Å². The molecule has 2 nitrogen and oxygen atoms in total. The number of aromatic nitrogens is 1. The number of nitrogen functional groups attached to an aromatic ring is 1.